The average molecular weight is 566 g/mol. The zero-order valence-electron chi connectivity index (χ0n) is 20.5. The van der Waals surface area contributed by atoms with E-state index in [4.69, 9.17) is 14.5 Å². The summed E-state index contributed by atoms with van der Waals surface area (Å²) in [4.78, 5) is 24.1. The number of morpholine rings is 1. The van der Waals surface area contributed by atoms with Crippen LogP contribution in [0.2, 0.25) is 0 Å². The average Bonchev–Trinajstić information content (AvgIpc) is 2.77. The number of amides is 1. The molecule has 0 aromatic heterocycles. The molecule has 0 bridgehead atoms. The molecule has 3 saturated heterocycles. The lowest BCUT2D eigenvalue weighted by Gasteiger charge is -2.40. The summed E-state index contributed by atoms with van der Waals surface area (Å²) in [5.41, 5.74) is 0.137. The Kier molecular flexibility index (Phi) is 11.5. The summed E-state index contributed by atoms with van der Waals surface area (Å²) >= 11 is 0. The lowest BCUT2D eigenvalue weighted by molar-refractivity contribution is -0.136. The molecule has 0 saturated carbocycles. The van der Waals surface area contributed by atoms with E-state index in [1.807, 2.05) is 4.90 Å². The van der Waals surface area contributed by atoms with Gasteiger partial charge in [-0.25, -0.2) is 0 Å². The molecule has 3 fully saturated rings. The van der Waals surface area contributed by atoms with E-state index < -0.39 is 0 Å². The molecular formula is C23H44IN5O3. The SMILES string of the molecule is CCNC(=NCC1CCCOC1C(C)(C)C)N1CCN(CC(=O)N2CCOCC2)CC1.I. The van der Waals surface area contributed by atoms with Crippen molar-refractivity contribution in [3.8, 4) is 0 Å². The molecule has 0 spiro atoms. The quantitative estimate of drug-likeness (QED) is 0.312. The number of nitrogens with zero attached hydrogens (tertiary/aromatic N) is 4. The van der Waals surface area contributed by atoms with Crippen LogP contribution in [-0.2, 0) is 14.3 Å². The Morgan fingerprint density at radius 2 is 1.72 bits per heavy atom. The van der Waals surface area contributed by atoms with Gasteiger partial charge in [-0.05, 0) is 25.2 Å². The fourth-order valence-corrected chi connectivity index (χ4v) is 4.84. The van der Waals surface area contributed by atoms with Crippen molar-refractivity contribution in [1.82, 2.24) is 20.0 Å². The first kappa shape index (κ1) is 27.6. The fraction of sp³-hybridized carbons (Fsp3) is 0.913. The van der Waals surface area contributed by atoms with Crippen LogP contribution in [0.1, 0.15) is 40.5 Å². The summed E-state index contributed by atoms with van der Waals surface area (Å²) < 4.78 is 11.5. The highest BCUT2D eigenvalue weighted by molar-refractivity contribution is 14.0. The molecular weight excluding hydrogens is 521 g/mol. The molecule has 3 rings (SSSR count). The van der Waals surface area contributed by atoms with E-state index >= 15 is 0 Å². The zero-order chi connectivity index (χ0) is 22.3. The van der Waals surface area contributed by atoms with Crippen molar-refractivity contribution in [2.75, 3.05) is 78.7 Å². The van der Waals surface area contributed by atoms with Crippen LogP contribution >= 0.6 is 24.0 Å². The van der Waals surface area contributed by atoms with Crippen molar-refractivity contribution >= 4 is 35.8 Å². The molecule has 3 aliphatic heterocycles. The second kappa shape index (κ2) is 13.3. The van der Waals surface area contributed by atoms with Crippen molar-refractivity contribution in [2.24, 2.45) is 16.3 Å². The van der Waals surface area contributed by atoms with Crippen molar-refractivity contribution in [3.63, 3.8) is 0 Å². The summed E-state index contributed by atoms with van der Waals surface area (Å²) in [6, 6.07) is 0. The van der Waals surface area contributed by atoms with Gasteiger partial charge in [0.15, 0.2) is 5.96 Å². The number of hydrogen-bond acceptors (Lipinski definition) is 5. The van der Waals surface area contributed by atoms with Crippen LogP contribution < -0.4 is 5.32 Å². The first-order chi connectivity index (χ1) is 14.9. The molecule has 0 aromatic carbocycles. The lowest BCUT2D eigenvalue weighted by atomic mass is 9.78. The molecule has 3 aliphatic rings. The number of aliphatic imine (C=N–C) groups is 1. The normalized spacial score (nSPS) is 25.9. The van der Waals surface area contributed by atoms with E-state index in [2.05, 4.69) is 42.8 Å². The second-order valence-corrected chi connectivity index (χ2v) is 10.0. The highest BCUT2D eigenvalue weighted by atomic mass is 127. The van der Waals surface area contributed by atoms with Crippen LogP contribution in [0.3, 0.4) is 0 Å². The standard InChI is InChI=1S/C23H43N5O3.HI/c1-5-24-22(25-17-19-7-6-14-31-21(19)23(2,3)4)28-10-8-26(9-11-28)18-20(29)27-12-15-30-16-13-27;/h19,21H,5-18H2,1-4H3,(H,24,25);1H. The molecule has 2 unspecified atom stereocenters. The molecule has 0 aromatic rings. The van der Waals surface area contributed by atoms with E-state index in [1.54, 1.807) is 0 Å². The van der Waals surface area contributed by atoms with Gasteiger partial charge in [0.05, 0.1) is 25.9 Å². The third kappa shape index (κ3) is 7.99. The van der Waals surface area contributed by atoms with Gasteiger partial charge in [-0.2, -0.15) is 0 Å². The maximum atomic E-state index is 12.5. The lowest BCUT2D eigenvalue weighted by Crippen LogP contribution is -2.55. The van der Waals surface area contributed by atoms with Crippen LogP contribution in [0, 0.1) is 11.3 Å². The monoisotopic (exact) mass is 565 g/mol. The highest BCUT2D eigenvalue weighted by Crippen LogP contribution is 2.34. The van der Waals surface area contributed by atoms with E-state index in [1.165, 1.54) is 6.42 Å². The van der Waals surface area contributed by atoms with Gasteiger partial charge >= 0.3 is 0 Å². The van der Waals surface area contributed by atoms with Gasteiger partial charge in [0, 0.05) is 64.9 Å². The second-order valence-electron chi connectivity index (χ2n) is 10.0. The first-order valence-corrected chi connectivity index (χ1v) is 12.1. The number of nitrogens with one attached hydrogen (secondary N) is 1. The molecule has 186 valence electrons. The zero-order valence-corrected chi connectivity index (χ0v) is 22.8. The maximum absolute atomic E-state index is 12.5. The van der Waals surface area contributed by atoms with Gasteiger partial charge in [-0.1, -0.05) is 20.8 Å². The van der Waals surface area contributed by atoms with E-state index in [9.17, 15) is 4.79 Å². The minimum absolute atomic E-state index is 0. The minimum atomic E-state index is 0. The van der Waals surface area contributed by atoms with Gasteiger partial charge in [0.25, 0.3) is 0 Å². The number of ether oxygens (including phenoxy) is 2. The van der Waals surface area contributed by atoms with Crippen molar-refractivity contribution in [1.29, 1.82) is 0 Å². The number of halogens is 1. The van der Waals surface area contributed by atoms with Gasteiger partial charge in [-0.3, -0.25) is 14.7 Å². The van der Waals surface area contributed by atoms with Crippen LogP contribution in [0.25, 0.3) is 0 Å². The Labute approximate surface area is 211 Å². The number of rotatable bonds is 5. The third-order valence-electron chi connectivity index (χ3n) is 6.50. The number of carbonyl (C=O) groups is 1. The third-order valence-corrected chi connectivity index (χ3v) is 6.50. The molecule has 2 atom stereocenters. The summed E-state index contributed by atoms with van der Waals surface area (Å²) in [6.45, 7) is 18.3. The summed E-state index contributed by atoms with van der Waals surface area (Å²) in [6.07, 6.45) is 2.57. The largest absolute Gasteiger partial charge is 0.378 e. The van der Waals surface area contributed by atoms with Crippen LogP contribution in [0.5, 0.6) is 0 Å². The molecule has 1 N–H and O–H groups in total. The van der Waals surface area contributed by atoms with E-state index in [0.717, 1.165) is 71.3 Å². The predicted molar refractivity (Wildman–Crippen MR) is 139 cm³/mol. The fourth-order valence-electron chi connectivity index (χ4n) is 4.84. The van der Waals surface area contributed by atoms with Gasteiger partial charge in [-0.15, -0.1) is 24.0 Å². The summed E-state index contributed by atoms with van der Waals surface area (Å²) in [5, 5.41) is 3.48. The van der Waals surface area contributed by atoms with Crippen LogP contribution in [0.4, 0.5) is 0 Å². The van der Waals surface area contributed by atoms with Crippen LogP contribution in [-0.4, -0.2) is 111 Å². The van der Waals surface area contributed by atoms with Crippen molar-refractivity contribution in [3.05, 3.63) is 0 Å². The molecule has 8 nitrogen and oxygen atoms in total. The Morgan fingerprint density at radius 3 is 2.34 bits per heavy atom. The summed E-state index contributed by atoms with van der Waals surface area (Å²) in [5.74, 6) is 1.69. The van der Waals surface area contributed by atoms with Crippen molar-refractivity contribution < 1.29 is 14.3 Å². The molecule has 3 heterocycles. The molecule has 1 amide bonds. The summed E-state index contributed by atoms with van der Waals surface area (Å²) in [7, 11) is 0. The Morgan fingerprint density at radius 1 is 1.03 bits per heavy atom. The molecule has 0 radical (unpaired) electrons. The molecule has 32 heavy (non-hydrogen) atoms. The molecule has 0 aliphatic carbocycles. The Balaban J connectivity index is 0.00000363. The first-order valence-electron chi connectivity index (χ1n) is 12.1. The van der Waals surface area contributed by atoms with E-state index in [0.29, 0.717) is 25.7 Å². The number of piperazine rings is 1. The van der Waals surface area contributed by atoms with Gasteiger partial charge < -0.3 is 24.6 Å². The highest BCUT2D eigenvalue weighted by Gasteiger charge is 2.35. The Bertz CT molecular complexity index is 599. The van der Waals surface area contributed by atoms with Gasteiger partial charge in [0.1, 0.15) is 0 Å². The number of carbonyl (C=O) groups excluding carboxylic acids is 1. The van der Waals surface area contributed by atoms with Crippen LogP contribution in [0.15, 0.2) is 4.99 Å². The van der Waals surface area contributed by atoms with E-state index in [-0.39, 0.29) is 41.4 Å². The van der Waals surface area contributed by atoms with Gasteiger partial charge in [0.2, 0.25) is 5.91 Å². The number of hydrogen-bond donors (Lipinski definition) is 1. The Hall–Kier alpha value is -0.650. The smallest absolute Gasteiger partial charge is 0.236 e. The molecule has 9 heteroatoms. The predicted octanol–water partition coefficient (Wildman–Crippen LogP) is 1.89. The topological polar surface area (TPSA) is 69.6 Å². The number of guanidine groups is 1. The maximum Gasteiger partial charge on any atom is 0.236 e. The minimum Gasteiger partial charge on any atom is -0.378 e. The van der Waals surface area contributed by atoms with Crippen molar-refractivity contribution in [2.45, 2.75) is 46.6 Å².